The highest BCUT2D eigenvalue weighted by Gasteiger charge is 1.76. The summed E-state index contributed by atoms with van der Waals surface area (Å²) in [6.45, 7) is 0. The normalized spacial score (nSPS) is 9.67. The van der Waals surface area contributed by atoms with Gasteiger partial charge in [0, 0.05) is 24.7 Å². The van der Waals surface area contributed by atoms with Crippen LogP contribution in [0.1, 0.15) is 0 Å². The van der Waals surface area contributed by atoms with Gasteiger partial charge in [0.25, 0.3) is 0 Å². The van der Waals surface area contributed by atoms with E-state index in [1.807, 2.05) is 6.07 Å². The largest absolute Gasteiger partial charge is 0.312 e. The van der Waals surface area contributed by atoms with E-state index in [1.54, 1.807) is 29.5 Å². The monoisotopic (exact) mass is 119 g/mol. The van der Waals surface area contributed by atoms with Crippen LogP contribution in [0.4, 0.5) is 0 Å². The highest BCUT2D eigenvalue weighted by Crippen LogP contribution is 1.84. The molecule has 0 fully saturated rings. The second-order valence-corrected chi connectivity index (χ2v) is 1.45. The molecule has 0 atom stereocenters. The van der Waals surface area contributed by atoms with Gasteiger partial charge < -0.3 is 4.57 Å². The van der Waals surface area contributed by atoms with Crippen molar-refractivity contribution < 1.29 is 0 Å². The lowest BCUT2D eigenvalue weighted by Crippen LogP contribution is -1.75. The summed E-state index contributed by atoms with van der Waals surface area (Å²) >= 11 is 0. The first-order chi connectivity index (χ1) is 4.43. The minimum Gasteiger partial charge on any atom is -0.312 e. The average Bonchev–Trinajstić information content (AvgIpc) is 2.34. The summed E-state index contributed by atoms with van der Waals surface area (Å²) in [5.41, 5.74) is 0. The summed E-state index contributed by atoms with van der Waals surface area (Å²) in [4.78, 5) is 3.78. The van der Waals surface area contributed by atoms with Crippen LogP contribution in [0.5, 0.6) is 0 Å². The van der Waals surface area contributed by atoms with Gasteiger partial charge in [-0.1, -0.05) is 0 Å². The van der Waals surface area contributed by atoms with E-state index in [0.717, 1.165) is 0 Å². The van der Waals surface area contributed by atoms with Gasteiger partial charge in [-0.2, -0.15) is 5.26 Å². The molecule has 0 amide bonds. The van der Waals surface area contributed by atoms with Crippen molar-refractivity contribution in [3.63, 3.8) is 0 Å². The van der Waals surface area contributed by atoms with Crippen LogP contribution in [-0.4, -0.2) is 9.55 Å². The highest BCUT2D eigenvalue weighted by molar-refractivity contribution is 5.28. The Morgan fingerprint density at radius 3 is 3.11 bits per heavy atom. The van der Waals surface area contributed by atoms with Gasteiger partial charge in [0.2, 0.25) is 0 Å². The maximum absolute atomic E-state index is 8.09. The number of hydrogen-bond acceptors (Lipinski definition) is 2. The number of rotatable bonds is 1. The van der Waals surface area contributed by atoms with Crippen LogP contribution in [0.2, 0.25) is 0 Å². The first kappa shape index (κ1) is 5.57. The average molecular weight is 119 g/mol. The van der Waals surface area contributed by atoms with E-state index in [0.29, 0.717) is 0 Å². The number of imidazole rings is 1. The predicted octanol–water partition coefficient (Wildman–Crippen LogP) is 0.877. The molecule has 1 rings (SSSR count). The Morgan fingerprint density at radius 1 is 1.67 bits per heavy atom. The number of nitriles is 1. The smallest absolute Gasteiger partial charge is 0.0986 e. The Hall–Kier alpha value is -1.56. The second kappa shape index (κ2) is 2.68. The van der Waals surface area contributed by atoms with Crippen LogP contribution < -0.4 is 0 Å². The molecule has 44 valence electrons. The van der Waals surface area contributed by atoms with Gasteiger partial charge in [-0.3, -0.25) is 0 Å². The predicted molar refractivity (Wildman–Crippen MR) is 33.2 cm³/mol. The molecule has 1 aromatic heterocycles. The molecular weight excluding hydrogens is 114 g/mol. The van der Waals surface area contributed by atoms with E-state index in [9.17, 15) is 0 Å². The van der Waals surface area contributed by atoms with Gasteiger partial charge in [0.05, 0.1) is 12.4 Å². The van der Waals surface area contributed by atoms with Crippen molar-refractivity contribution >= 4 is 6.20 Å². The zero-order valence-electron chi connectivity index (χ0n) is 4.73. The zero-order chi connectivity index (χ0) is 6.53. The first-order valence-corrected chi connectivity index (χ1v) is 2.47. The summed E-state index contributed by atoms with van der Waals surface area (Å²) in [6, 6.07) is 1.88. The van der Waals surface area contributed by atoms with Crippen molar-refractivity contribution in [2.45, 2.75) is 0 Å². The van der Waals surface area contributed by atoms with Crippen LogP contribution in [-0.2, 0) is 0 Å². The Balaban J connectivity index is 2.71. The highest BCUT2D eigenvalue weighted by atomic mass is 15.0. The molecule has 9 heavy (non-hydrogen) atoms. The molecule has 0 unspecified atom stereocenters. The van der Waals surface area contributed by atoms with Gasteiger partial charge >= 0.3 is 0 Å². The molecule has 0 bridgehead atoms. The Morgan fingerprint density at radius 2 is 2.56 bits per heavy atom. The summed E-state index contributed by atoms with van der Waals surface area (Å²) in [5.74, 6) is 0. The Kier molecular flexibility index (Phi) is 1.66. The topological polar surface area (TPSA) is 41.6 Å². The van der Waals surface area contributed by atoms with E-state index in [4.69, 9.17) is 5.26 Å². The van der Waals surface area contributed by atoms with Gasteiger partial charge in [-0.05, 0) is 0 Å². The lowest BCUT2D eigenvalue weighted by molar-refractivity contribution is 1.14. The third-order valence-corrected chi connectivity index (χ3v) is 0.846. The van der Waals surface area contributed by atoms with Gasteiger partial charge in [-0.25, -0.2) is 4.98 Å². The fourth-order valence-electron chi connectivity index (χ4n) is 0.477. The lowest BCUT2D eigenvalue weighted by atomic mass is 10.7. The zero-order valence-corrected chi connectivity index (χ0v) is 4.73. The maximum atomic E-state index is 8.09. The summed E-state index contributed by atoms with van der Waals surface area (Å²) in [6.07, 6.45) is 8.05. The summed E-state index contributed by atoms with van der Waals surface area (Å²) < 4.78 is 1.70. The molecule has 1 aromatic rings. The second-order valence-electron chi connectivity index (χ2n) is 1.45. The third kappa shape index (κ3) is 1.42. The van der Waals surface area contributed by atoms with E-state index in [-0.39, 0.29) is 0 Å². The van der Waals surface area contributed by atoms with E-state index < -0.39 is 0 Å². The molecule has 0 aliphatic carbocycles. The minimum atomic E-state index is 1.39. The van der Waals surface area contributed by atoms with Gasteiger partial charge in [0.1, 0.15) is 0 Å². The van der Waals surface area contributed by atoms with Crippen molar-refractivity contribution in [1.29, 1.82) is 5.26 Å². The number of nitrogens with zero attached hydrogens (tertiary/aromatic N) is 3. The van der Waals surface area contributed by atoms with Crippen molar-refractivity contribution in [3.8, 4) is 6.07 Å². The first-order valence-electron chi connectivity index (χ1n) is 2.47. The molecule has 0 aliphatic heterocycles. The molecule has 1 heterocycles. The molecule has 0 radical (unpaired) electrons. The van der Waals surface area contributed by atoms with E-state index >= 15 is 0 Å². The fourth-order valence-corrected chi connectivity index (χ4v) is 0.477. The molecular formula is C6H5N3. The third-order valence-electron chi connectivity index (χ3n) is 0.846. The summed E-state index contributed by atoms with van der Waals surface area (Å²) in [7, 11) is 0. The number of aromatic nitrogens is 2. The van der Waals surface area contributed by atoms with Crippen LogP contribution in [0.3, 0.4) is 0 Å². The molecule has 3 nitrogen and oxygen atoms in total. The molecule has 0 spiro atoms. The molecule has 0 aromatic carbocycles. The van der Waals surface area contributed by atoms with E-state index in [2.05, 4.69) is 4.98 Å². The molecule has 0 saturated carbocycles. The van der Waals surface area contributed by atoms with Crippen LogP contribution >= 0.6 is 0 Å². The quantitative estimate of drug-likeness (QED) is 0.515. The maximum Gasteiger partial charge on any atom is 0.0986 e. The summed E-state index contributed by atoms with van der Waals surface area (Å²) in [5, 5.41) is 8.09. The molecule has 0 saturated heterocycles. The van der Waals surface area contributed by atoms with Crippen molar-refractivity contribution in [2.75, 3.05) is 0 Å². The number of hydrogen-bond donors (Lipinski definition) is 0. The number of allylic oxidation sites excluding steroid dienone is 1. The SMILES string of the molecule is N#C/C=C/n1ccnc1. The van der Waals surface area contributed by atoms with E-state index in [1.165, 1.54) is 6.08 Å². The fraction of sp³-hybridized carbons (Fsp3) is 0. The molecule has 3 heteroatoms. The van der Waals surface area contributed by atoms with Crippen LogP contribution in [0.25, 0.3) is 6.20 Å². The van der Waals surface area contributed by atoms with Crippen molar-refractivity contribution in [1.82, 2.24) is 9.55 Å². The standard InChI is InChI=1S/C6H5N3/c7-2-1-4-9-5-3-8-6-9/h1,3-6H/b4-1+. The lowest BCUT2D eigenvalue weighted by Gasteiger charge is -1.82. The van der Waals surface area contributed by atoms with Crippen LogP contribution in [0.15, 0.2) is 24.8 Å². The Labute approximate surface area is 52.9 Å². The minimum absolute atomic E-state index is 1.39. The molecule has 0 N–H and O–H groups in total. The van der Waals surface area contributed by atoms with Gasteiger partial charge in [-0.15, -0.1) is 0 Å². The van der Waals surface area contributed by atoms with Crippen molar-refractivity contribution in [3.05, 3.63) is 24.8 Å². The molecule has 0 aliphatic rings. The van der Waals surface area contributed by atoms with Crippen LogP contribution in [0, 0.1) is 11.3 Å². The van der Waals surface area contributed by atoms with Crippen molar-refractivity contribution in [2.24, 2.45) is 0 Å². The van der Waals surface area contributed by atoms with Gasteiger partial charge in [0.15, 0.2) is 0 Å². The Bertz CT molecular complexity index is 227.